The Morgan fingerprint density at radius 1 is 1.30 bits per heavy atom. The zero-order chi connectivity index (χ0) is 7.35. The lowest BCUT2D eigenvalue weighted by Crippen LogP contribution is -2.14. The van der Waals surface area contributed by atoms with E-state index in [4.69, 9.17) is 0 Å². The third-order valence-electron chi connectivity index (χ3n) is 2.39. The molecule has 2 rings (SSSR count). The van der Waals surface area contributed by atoms with Crippen molar-refractivity contribution in [1.29, 1.82) is 0 Å². The van der Waals surface area contributed by atoms with E-state index in [1.807, 2.05) is 0 Å². The molecule has 0 amide bonds. The molecule has 2 aliphatic rings. The maximum atomic E-state index is 10.9. The van der Waals surface area contributed by atoms with E-state index < -0.39 is 10.0 Å². The number of sulfonamides is 1. The van der Waals surface area contributed by atoms with Crippen LogP contribution in [0.4, 0.5) is 0 Å². The van der Waals surface area contributed by atoms with Crippen LogP contribution in [0.1, 0.15) is 19.3 Å². The Balaban J connectivity index is 2.15. The molecule has 0 bridgehead atoms. The van der Waals surface area contributed by atoms with Crippen molar-refractivity contribution in [2.24, 2.45) is 0 Å². The lowest BCUT2D eigenvalue weighted by atomic mass is 10.3. The fourth-order valence-electron chi connectivity index (χ4n) is 1.98. The van der Waals surface area contributed by atoms with Gasteiger partial charge in [-0.05, 0) is 12.8 Å². The molecule has 1 saturated heterocycles. The number of fused-ring (bicyclic) bond motifs is 1. The van der Waals surface area contributed by atoms with Crippen LogP contribution in [0.15, 0.2) is 0 Å². The van der Waals surface area contributed by atoms with Gasteiger partial charge in [0.05, 0.1) is 6.26 Å². The fourth-order valence-corrected chi connectivity index (χ4v) is 3.40. The van der Waals surface area contributed by atoms with Gasteiger partial charge in [0.15, 0.2) is 0 Å². The molecule has 0 aromatic carbocycles. The molecule has 3 nitrogen and oxygen atoms in total. The van der Waals surface area contributed by atoms with Crippen molar-refractivity contribution in [3.05, 3.63) is 0 Å². The summed E-state index contributed by atoms with van der Waals surface area (Å²) in [5, 5.41) is 0. The molecule has 1 heterocycles. The van der Waals surface area contributed by atoms with E-state index in [2.05, 4.69) is 0 Å². The minimum atomic E-state index is -2.86. The molecule has 0 spiro atoms. The first-order valence-corrected chi connectivity index (χ1v) is 5.44. The van der Waals surface area contributed by atoms with Crippen LogP contribution >= 0.6 is 0 Å². The molecule has 0 unspecified atom stereocenters. The Morgan fingerprint density at radius 3 is 2.10 bits per heavy atom. The average molecular weight is 161 g/mol. The molecule has 2 atom stereocenters. The van der Waals surface area contributed by atoms with Crippen molar-refractivity contribution >= 4 is 10.0 Å². The van der Waals surface area contributed by atoms with Gasteiger partial charge in [-0.1, -0.05) is 6.42 Å². The standard InChI is InChI=1S/C6H11NO2S/c1-10(8,9)7-5-3-2-4-6(5)7/h5-6H,2-4H2,1H3/t5-,6-/m1/s1. The second-order valence-corrected chi connectivity index (χ2v) is 5.05. The molecule has 1 aliphatic heterocycles. The smallest absolute Gasteiger partial charge is 0.211 e. The SMILES string of the molecule is CS(=O)(=O)N1[C@@H]2CCC[C@H]21. The maximum Gasteiger partial charge on any atom is 0.211 e. The first-order chi connectivity index (χ1) is 4.61. The van der Waals surface area contributed by atoms with Crippen LogP contribution < -0.4 is 0 Å². The Bertz CT molecular complexity index is 236. The second-order valence-electron chi connectivity index (χ2n) is 3.16. The predicted molar refractivity (Wildman–Crippen MR) is 38.1 cm³/mol. The Morgan fingerprint density at radius 2 is 1.80 bits per heavy atom. The van der Waals surface area contributed by atoms with Gasteiger partial charge in [0.25, 0.3) is 0 Å². The Labute approximate surface area is 61.1 Å². The Hall–Kier alpha value is -0.0900. The van der Waals surface area contributed by atoms with Gasteiger partial charge in [0.1, 0.15) is 0 Å². The highest BCUT2D eigenvalue weighted by atomic mass is 32.2. The molecule has 10 heavy (non-hydrogen) atoms. The molecule has 0 aromatic rings. The summed E-state index contributed by atoms with van der Waals surface area (Å²) in [6.45, 7) is 0. The highest BCUT2D eigenvalue weighted by Crippen LogP contribution is 2.43. The van der Waals surface area contributed by atoms with Crippen LogP contribution in [0.2, 0.25) is 0 Å². The zero-order valence-electron chi connectivity index (χ0n) is 5.95. The van der Waals surface area contributed by atoms with E-state index in [9.17, 15) is 8.42 Å². The van der Waals surface area contributed by atoms with Gasteiger partial charge >= 0.3 is 0 Å². The van der Waals surface area contributed by atoms with Gasteiger partial charge < -0.3 is 0 Å². The summed E-state index contributed by atoms with van der Waals surface area (Å²) in [6.07, 6.45) is 4.67. The van der Waals surface area contributed by atoms with Crippen LogP contribution in [0.3, 0.4) is 0 Å². The van der Waals surface area contributed by atoms with E-state index >= 15 is 0 Å². The first-order valence-electron chi connectivity index (χ1n) is 3.59. The summed E-state index contributed by atoms with van der Waals surface area (Å²) < 4.78 is 23.5. The topological polar surface area (TPSA) is 37.1 Å². The van der Waals surface area contributed by atoms with Crippen LogP contribution in [0.25, 0.3) is 0 Å². The van der Waals surface area contributed by atoms with Crippen LogP contribution in [0, 0.1) is 0 Å². The van der Waals surface area contributed by atoms with Gasteiger partial charge in [-0.25, -0.2) is 8.42 Å². The van der Waals surface area contributed by atoms with Gasteiger partial charge in [-0.15, -0.1) is 0 Å². The van der Waals surface area contributed by atoms with Crippen molar-refractivity contribution in [2.45, 2.75) is 31.3 Å². The van der Waals surface area contributed by atoms with E-state index in [1.165, 1.54) is 12.7 Å². The van der Waals surface area contributed by atoms with Crippen LogP contribution in [0.5, 0.6) is 0 Å². The monoisotopic (exact) mass is 161 g/mol. The number of rotatable bonds is 1. The minimum Gasteiger partial charge on any atom is -0.212 e. The quantitative estimate of drug-likeness (QED) is 0.514. The van der Waals surface area contributed by atoms with E-state index in [0.29, 0.717) is 12.1 Å². The van der Waals surface area contributed by atoms with E-state index in [-0.39, 0.29) is 0 Å². The number of piperidine rings is 1. The normalized spacial score (nSPS) is 45.1. The van der Waals surface area contributed by atoms with E-state index in [0.717, 1.165) is 12.8 Å². The highest BCUT2D eigenvalue weighted by Gasteiger charge is 2.55. The van der Waals surface area contributed by atoms with Crippen molar-refractivity contribution < 1.29 is 8.42 Å². The number of hydrogen-bond donors (Lipinski definition) is 0. The predicted octanol–water partition coefficient (Wildman–Crippen LogP) is 0.183. The largest absolute Gasteiger partial charge is 0.212 e. The van der Waals surface area contributed by atoms with Crippen molar-refractivity contribution in [3.8, 4) is 0 Å². The lowest BCUT2D eigenvalue weighted by molar-refractivity contribution is 0.523. The lowest BCUT2D eigenvalue weighted by Gasteiger charge is -2.02. The minimum absolute atomic E-state index is 0.384. The molecule has 1 saturated carbocycles. The summed E-state index contributed by atoms with van der Waals surface area (Å²) >= 11 is 0. The third kappa shape index (κ3) is 0.787. The number of nitrogens with zero attached hydrogens (tertiary/aromatic N) is 1. The molecular formula is C6H11NO2S. The second kappa shape index (κ2) is 1.74. The van der Waals surface area contributed by atoms with Gasteiger partial charge in [0, 0.05) is 12.1 Å². The zero-order valence-corrected chi connectivity index (χ0v) is 6.76. The molecule has 58 valence electrons. The van der Waals surface area contributed by atoms with Gasteiger partial charge in [-0.3, -0.25) is 0 Å². The molecule has 0 aromatic heterocycles. The molecule has 1 aliphatic carbocycles. The summed E-state index contributed by atoms with van der Waals surface area (Å²) in [7, 11) is -2.86. The van der Waals surface area contributed by atoms with Crippen LogP contribution in [-0.2, 0) is 10.0 Å². The maximum absolute atomic E-state index is 10.9. The molecular weight excluding hydrogens is 150 g/mol. The average Bonchev–Trinajstić information content (AvgIpc) is 2.30. The summed E-state index contributed by atoms with van der Waals surface area (Å²) in [5.74, 6) is 0. The first kappa shape index (κ1) is 6.61. The molecule has 2 fully saturated rings. The molecule has 0 radical (unpaired) electrons. The third-order valence-corrected chi connectivity index (χ3v) is 3.70. The fraction of sp³-hybridized carbons (Fsp3) is 1.00. The summed E-state index contributed by atoms with van der Waals surface area (Å²) in [6, 6.07) is 0.769. The van der Waals surface area contributed by atoms with Gasteiger partial charge in [0.2, 0.25) is 10.0 Å². The van der Waals surface area contributed by atoms with Crippen molar-refractivity contribution in [2.75, 3.05) is 6.26 Å². The molecule has 0 N–H and O–H groups in total. The highest BCUT2D eigenvalue weighted by molar-refractivity contribution is 7.88. The van der Waals surface area contributed by atoms with Crippen molar-refractivity contribution in [1.82, 2.24) is 4.31 Å². The summed E-state index contributed by atoms with van der Waals surface area (Å²) in [4.78, 5) is 0. The van der Waals surface area contributed by atoms with E-state index in [1.54, 1.807) is 4.31 Å². The Kier molecular flexibility index (Phi) is 1.15. The number of hydrogen-bond acceptors (Lipinski definition) is 2. The van der Waals surface area contributed by atoms with Gasteiger partial charge in [-0.2, -0.15) is 4.31 Å². The van der Waals surface area contributed by atoms with Crippen LogP contribution in [-0.4, -0.2) is 31.1 Å². The van der Waals surface area contributed by atoms with Crippen molar-refractivity contribution in [3.63, 3.8) is 0 Å². The molecule has 4 heteroatoms. The summed E-state index contributed by atoms with van der Waals surface area (Å²) in [5.41, 5.74) is 0.